The molecule has 2 aromatic heterocycles. The Bertz CT molecular complexity index is 1410. The Hall–Kier alpha value is -3.99. The standard InChI is InChI=1S/C34H36N2O3/c1-23(2)18-32-11-10-29(21-35-32)33(37)20-31-19-28(5-4-24(31)3)34(38)36-15-12-27(13-16-36)25-6-8-26(9-7-25)30-14-17-39-22-30/h4-11,14,17,19,21-23,27H,12-13,15-16,18,20H2,1-3H3. The van der Waals surface area contributed by atoms with E-state index in [1.807, 2.05) is 48.2 Å². The molecule has 0 bridgehead atoms. The number of Topliss-reactive ketones (excluding diaryl/α,β-unsaturated/α-hetero) is 1. The summed E-state index contributed by atoms with van der Waals surface area (Å²) in [7, 11) is 0. The van der Waals surface area contributed by atoms with Crippen LogP contribution in [-0.2, 0) is 12.8 Å². The van der Waals surface area contributed by atoms with Crippen molar-refractivity contribution in [2.45, 2.75) is 52.4 Å². The van der Waals surface area contributed by atoms with E-state index in [1.165, 1.54) is 5.56 Å². The van der Waals surface area contributed by atoms with Crippen molar-refractivity contribution in [2.24, 2.45) is 5.92 Å². The van der Waals surface area contributed by atoms with Crippen molar-refractivity contribution in [3.8, 4) is 11.1 Å². The van der Waals surface area contributed by atoms with Gasteiger partial charge in [0.25, 0.3) is 5.91 Å². The fourth-order valence-corrected chi connectivity index (χ4v) is 5.37. The molecule has 0 N–H and O–H groups in total. The van der Waals surface area contributed by atoms with Crippen molar-refractivity contribution in [2.75, 3.05) is 13.1 Å². The second-order valence-electron chi connectivity index (χ2n) is 11.1. The van der Waals surface area contributed by atoms with Crippen LogP contribution < -0.4 is 0 Å². The summed E-state index contributed by atoms with van der Waals surface area (Å²) in [5, 5.41) is 0. The third kappa shape index (κ3) is 6.36. The lowest BCUT2D eigenvalue weighted by molar-refractivity contribution is 0.0712. The largest absolute Gasteiger partial charge is 0.472 e. The van der Waals surface area contributed by atoms with Crippen molar-refractivity contribution in [1.82, 2.24) is 9.88 Å². The van der Waals surface area contributed by atoms with E-state index >= 15 is 0 Å². The highest BCUT2D eigenvalue weighted by molar-refractivity contribution is 5.98. The molecule has 2 aromatic carbocycles. The van der Waals surface area contributed by atoms with Crippen molar-refractivity contribution in [1.29, 1.82) is 0 Å². The summed E-state index contributed by atoms with van der Waals surface area (Å²) in [4.78, 5) is 32.8. The molecule has 1 saturated heterocycles. The lowest BCUT2D eigenvalue weighted by Gasteiger charge is -2.32. The average molecular weight is 521 g/mol. The van der Waals surface area contributed by atoms with Gasteiger partial charge in [0.05, 0.1) is 12.5 Å². The fourth-order valence-electron chi connectivity index (χ4n) is 5.37. The number of hydrogen-bond acceptors (Lipinski definition) is 4. The van der Waals surface area contributed by atoms with Gasteiger partial charge in [0, 0.05) is 48.1 Å². The van der Waals surface area contributed by atoms with E-state index in [4.69, 9.17) is 4.42 Å². The Morgan fingerprint density at radius 3 is 2.33 bits per heavy atom. The number of likely N-dealkylation sites (tertiary alicyclic amines) is 1. The molecule has 39 heavy (non-hydrogen) atoms. The molecular weight excluding hydrogens is 484 g/mol. The predicted octanol–water partition coefficient (Wildman–Crippen LogP) is 7.29. The Balaban J connectivity index is 1.20. The predicted molar refractivity (Wildman–Crippen MR) is 154 cm³/mol. The minimum absolute atomic E-state index is 0.0194. The highest BCUT2D eigenvalue weighted by atomic mass is 16.3. The summed E-state index contributed by atoms with van der Waals surface area (Å²) in [6.45, 7) is 7.75. The lowest BCUT2D eigenvalue weighted by Crippen LogP contribution is -2.38. The fraction of sp³-hybridized carbons (Fsp3) is 0.324. The first kappa shape index (κ1) is 26.6. The molecule has 3 heterocycles. The van der Waals surface area contributed by atoms with Crippen LogP contribution in [0.4, 0.5) is 0 Å². The quantitative estimate of drug-likeness (QED) is 0.229. The normalized spacial score (nSPS) is 14.1. The van der Waals surface area contributed by atoms with Gasteiger partial charge in [0.15, 0.2) is 5.78 Å². The number of benzene rings is 2. The van der Waals surface area contributed by atoms with Crippen LogP contribution in [0, 0.1) is 12.8 Å². The van der Waals surface area contributed by atoms with Gasteiger partial charge in [-0.25, -0.2) is 0 Å². The van der Waals surface area contributed by atoms with Gasteiger partial charge in [0.2, 0.25) is 0 Å². The highest BCUT2D eigenvalue weighted by Gasteiger charge is 2.25. The molecule has 1 aliphatic heterocycles. The van der Waals surface area contributed by atoms with Crippen LogP contribution in [0.15, 0.2) is 83.8 Å². The molecule has 1 amide bonds. The van der Waals surface area contributed by atoms with Crippen LogP contribution in [0.5, 0.6) is 0 Å². The van der Waals surface area contributed by atoms with Crippen LogP contribution in [0.1, 0.15) is 75.7 Å². The van der Waals surface area contributed by atoms with E-state index < -0.39 is 0 Å². The second-order valence-corrected chi connectivity index (χ2v) is 11.1. The van der Waals surface area contributed by atoms with Gasteiger partial charge in [-0.3, -0.25) is 14.6 Å². The van der Waals surface area contributed by atoms with Gasteiger partial charge in [-0.15, -0.1) is 0 Å². The van der Waals surface area contributed by atoms with Crippen molar-refractivity contribution >= 4 is 11.7 Å². The number of piperidine rings is 1. The molecule has 1 fully saturated rings. The molecular formula is C34H36N2O3. The molecule has 200 valence electrons. The molecule has 0 aliphatic carbocycles. The van der Waals surface area contributed by atoms with Gasteiger partial charge in [0.1, 0.15) is 0 Å². The number of furan rings is 1. The molecule has 0 atom stereocenters. The summed E-state index contributed by atoms with van der Waals surface area (Å²) in [6.07, 6.45) is 8.16. The van der Waals surface area contributed by atoms with Crippen molar-refractivity contribution < 1.29 is 14.0 Å². The number of pyridine rings is 1. The van der Waals surface area contributed by atoms with Crippen LogP contribution in [0.3, 0.4) is 0 Å². The topological polar surface area (TPSA) is 63.4 Å². The maximum absolute atomic E-state index is 13.4. The summed E-state index contributed by atoms with van der Waals surface area (Å²) >= 11 is 0. The first-order valence-corrected chi connectivity index (χ1v) is 13.9. The van der Waals surface area contributed by atoms with Crippen LogP contribution in [0.2, 0.25) is 0 Å². The van der Waals surface area contributed by atoms with Crippen LogP contribution >= 0.6 is 0 Å². The Morgan fingerprint density at radius 1 is 0.949 bits per heavy atom. The lowest BCUT2D eigenvalue weighted by atomic mass is 9.88. The first-order chi connectivity index (χ1) is 18.9. The van der Waals surface area contributed by atoms with E-state index in [-0.39, 0.29) is 18.1 Å². The van der Waals surface area contributed by atoms with E-state index in [9.17, 15) is 9.59 Å². The maximum Gasteiger partial charge on any atom is 0.253 e. The summed E-state index contributed by atoms with van der Waals surface area (Å²) in [6, 6.07) is 20.2. The number of hydrogen-bond donors (Lipinski definition) is 0. The third-order valence-electron chi connectivity index (χ3n) is 7.73. The minimum atomic E-state index is 0.0194. The number of nitrogens with zero attached hydrogens (tertiary/aromatic N) is 2. The van der Waals surface area contributed by atoms with E-state index in [1.54, 1.807) is 18.7 Å². The van der Waals surface area contributed by atoms with Gasteiger partial charge in [-0.05, 0) is 90.6 Å². The number of rotatable bonds is 8. The van der Waals surface area contributed by atoms with E-state index in [2.05, 4.69) is 43.1 Å². The van der Waals surface area contributed by atoms with E-state index in [0.717, 1.165) is 60.3 Å². The summed E-state index contributed by atoms with van der Waals surface area (Å²) in [5.74, 6) is 1.02. The molecule has 5 rings (SSSR count). The van der Waals surface area contributed by atoms with Crippen molar-refractivity contribution in [3.05, 3.63) is 113 Å². The Kier molecular flexibility index (Phi) is 8.06. The molecule has 0 saturated carbocycles. The van der Waals surface area contributed by atoms with Gasteiger partial charge < -0.3 is 9.32 Å². The zero-order chi connectivity index (χ0) is 27.4. The molecule has 4 aromatic rings. The zero-order valence-electron chi connectivity index (χ0n) is 23.0. The van der Waals surface area contributed by atoms with Crippen LogP contribution in [0.25, 0.3) is 11.1 Å². The molecule has 0 unspecified atom stereocenters. The monoisotopic (exact) mass is 520 g/mol. The van der Waals surface area contributed by atoms with Crippen LogP contribution in [-0.4, -0.2) is 34.7 Å². The third-order valence-corrected chi connectivity index (χ3v) is 7.73. The van der Waals surface area contributed by atoms with Gasteiger partial charge in [-0.1, -0.05) is 44.2 Å². The smallest absolute Gasteiger partial charge is 0.253 e. The summed E-state index contributed by atoms with van der Waals surface area (Å²) < 4.78 is 5.20. The van der Waals surface area contributed by atoms with Gasteiger partial charge >= 0.3 is 0 Å². The number of carbonyl (C=O) groups is 2. The molecule has 5 nitrogen and oxygen atoms in total. The summed E-state index contributed by atoms with van der Waals surface area (Å²) in [5.41, 5.74) is 7.71. The SMILES string of the molecule is Cc1ccc(C(=O)N2CCC(c3ccc(-c4ccoc4)cc3)CC2)cc1CC(=O)c1ccc(CC(C)C)nc1. The number of aromatic nitrogens is 1. The second kappa shape index (κ2) is 11.8. The molecule has 1 aliphatic rings. The highest BCUT2D eigenvalue weighted by Crippen LogP contribution is 2.31. The van der Waals surface area contributed by atoms with E-state index in [0.29, 0.717) is 23.0 Å². The zero-order valence-corrected chi connectivity index (χ0v) is 23.0. The number of aryl methyl sites for hydroxylation is 1. The maximum atomic E-state index is 13.4. The first-order valence-electron chi connectivity index (χ1n) is 13.9. The Labute approximate surface area is 230 Å². The average Bonchev–Trinajstić information content (AvgIpc) is 3.49. The molecule has 0 spiro atoms. The molecule has 0 radical (unpaired) electrons. The Morgan fingerprint density at radius 2 is 1.69 bits per heavy atom. The van der Waals surface area contributed by atoms with Gasteiger partial charge in [-0.2, -0.15) is 0 Å². The number of ketones is 1. The number of amides is 1. The molecule has 5 heteroatoms. The minimum Gasteiger partial charge on any atom is -0.472 e. The number of carbonyl (C=O) groups excluding carboxylic acids is 2. The van der Waals surface area contributed by atoms with Crippen molar-refractivity contribution in [3.63, 3.8) is 0 Å².